The Morgan fingerprint density at radius 3 is 2.61 bits per heavy atom. The zero-order valence-electron chi connectivity index (χ0n) is 16.5. The molecular weight excluding hydrogens is 354 g/mol. The number of nitrogens with zero attached hydrogens (tertiary/aromatic N) is 1. The zero-order valence-corrected chi connectivity index (χ0v) is 16.5. The first-order valence-electron chi connectivity index (χ1n) is 10.4. The Kier molecular flexibility index (Phi) is 8.06. The molecule has 0 bridgehead atoms. The van der Waals surface area contributed by atoms with E-state index in [1.807, 2.05) is 18.2 Å². The van der Waals surface area contributed by atoms with Crippen LogP contribution in [0.3, 0.4) is 0 Å². The van der Waals surface area contributed by atoms with Gasteiger partial charge < -0.3 is 15.4 Å². The third-order valence-corrected chi connectivity index (χ3v) is 5.36. The molecule has 2 aliphatic rings. The summed E-state index contributed by atoms with van der Waals surface area (Å²) in [7, 11) is 0. The molecule has 28 heavy (non-hydrogen) atoms. The molecule has 0 spiro atoms. The van der Waals surface area contributed by atoms with Gasteiger partial charge in [0.15, 0.2) is 0 Å². The maximum atomic E-state index is 12.0. The van der Waals surface area contributed by atoms with Gasteiger partial charge in [0, 0.05) is 32.7 Å². The van der Waals surface area contributed by atoms with Gasteiger partial charge in [-0.05, 0) is 37.7 Å². The number of nitrogens with one attached hydrogen (secondary N) is 2. The van der Waals surface area contributed by atoms with Gasteiger partial charge in [0.2, 0.25) is 0 Å². The van der Waals surface area contributed by atoms with Crippen LogP contribution >= 0.6 is 0 Å². The summed E-state index contributed by atoms with van der Waals surface area (Å²) in [5.41, 5.74) is 2.57. The lowest BCUT2D eigenvalue weighted by atomic mass is 9.97. The minimum atomic E-state index is -0.550. The zero-order chi connectivity index (χ0) is 19.6. The average molecular weight is 386 g/mol. The average Bonchev–Trinajstić information content (AvgIpc) is 2.75. The van der Waals surface area contributed by atoms with Gasteiger partial charge >= 0.3 is 11.8 Å². The first-order chi connectivity index (χ1) is 13.7. The third-order valence-electron chi connectivity index (χ3n) is 5.36. The van der Waals surface area contributed by atoms with Crippen LogP contribution < -0.4 is 10.6 Å². The van der Waals surface area contributed by atoms with Gasteiger partial charge in [-0.2, -0.15) is 0 Å². The second kappa shape index (κ2) is 11.0. The molecule has 6 nitrogen and oxygen atoms in total. The van der Waals surface area contributed by atoms with E-state index in [4.69, 9.17) is 4.74 Å². The highest BCUT2D eigenvalue weighted by Crippen LogP contribution is 2.21. The van der Waals surface area contributed by atoms with Crippen molar-refractivity contribution in [3.05, 3.63) is 47.5 Å². The first kappa shape index (κ1) is 20.6. The highest BCUT2D eigenvalue weighted by atomic mass is 16.5. The van der Waals surface area contributed by atoms with E-state index in [0.29, 0.717) is 26.2 Å². The van der Waals surface area contributed by atoms with Crippen LogP contribution in [0.1, 0.15) is 43.8 Å². The molecule has 1 atom stereocenters. The first-order valence-corrected chi connectivity index (χ1v) is 10.4. The normalized spacial score (nSPS) is 20.3. The van der Waals surface area contributed by atoms with Crippen molar-refractivity contribution in [2.24, 2.45) is 0 Å². The number of ether oxygens (including phenoxy) is 1. The molecule has 1 aromatic rings. The van der Waals surface area contributed by atoms with Gasteiger partial charge in [0.1, 0.15) is 0 Å². The second-order valence-corrected chi connectivity index (χ2v) is 7.44. The summed E-state index contributed by atoms with van der Waals surface area (Å²) >= 11 is 0. The molecule has 2 N–H and O–H groups in total. The Morgan fingerprint density at radius 1 is 1.07 bits per heavy atom. The predicted octanol–water partition coefficient (Wildman–Crippen LogP) is 2.18. The van der Waals surface area contributed by atoms with Gasteiger partial charge in [-0.25, -0.2) is 0 Å². The number of morpholine rings is 1. The summed E-state index contributed by atoms with van der Waals surface area (Å²) in [5, 5.41) is 5.45. The molecule has 0 radical (unpaired) electrons. The smallest absolute Gasteiger partial charge is 0.309 e. The number of amides is 2. The Labute approximate surface area is 167 Å². The van der Waals surface area contributed by atoms with E-state index in [1.165, 1.54) is 24.0 Å². The fourth-order valence-electron chi connectivity index (χ4n) is 3.73. The van der Waals surface area contributed by atoms with Crippen LogP contribution in [0.2, 0.25) is 0 Å². The maximum Gasteiger partial charge on any atom is 0.309 e. The van der Waals surface area contributed by atoms with Crippen LogP contribution in [0.5, 0.6) is 0 Å². The van der Waals surface area contributed by atoms with E-state index in [0.717, 1.165) is 32.4 Å². The van der Waals surface area contributed by atoms with Crippen molar-refractivity contribution in [3.8, 4) is 0 Å². The van der Waals surface area contributed by atoms with Crippen molar-refractivity contribution in [2.45, 2.75) is 38.2 Å². The molecule has 0 unspecified atom stereocenters. The van der Waals surface area contributed by atoms with E-state index in [9.17, 15) is 9.59 Å². The second-order valence-electron chi connectivity index (χ2n) is 7.44. The van der Waals surface area contributed by atoms with Crippen molar-refractivity contribution >= 4 is 11.8 Å². The lowest BCUT2D eigenvalue weighted by Gasteiger charge is -2.33. The van der Waals surface area contributed by atoms with Crippen LogP contribution in [0.15, 0.2) is 42.0 Å². The van der Waals surface area contributed by atoms with E-state index < -0.39 is 11.8 Å². The monoisotopic (exact) mass is 385 g/mol. The largest absolute Gasteiger partial charge is 0.371 e. The number of carbonyl (C=O) groups is 2. The third kappa shape index (κ3) is 6.46. The summed E-state index contributed by atoms with van der Waals surface area (Å²) in [4.78, 5) is 26.2. The maximum absolute atomic E-state index is 12.0. The van der Waals surface area contributed by atoms with E-state index in [-0.39, 0.29) is 6.10 Å². The van der Waals surface area contributed by atoms with Crippen LogP contribution in [0, 0.1) is 0 Å². The van der Waals surface area contributed by atoms with Gasteiger partial charge in [-0.1, -0.05) is 42.0 Å². The van der Waals surface area contributed by atoms with Crippen molar-refractivity contribution < 1.29 is 14.3 Å². The van der Waals surface area contributed by atoms with E-state index in [1.54, 1.807) is 0 Å². The molecule has 1 saturated heterocycles. The van der Waals surface area contributed by atoms with Crippen molar-refractivity contribution in [3.63, 3.8) is 0 Å². The number of rotatable bonds is 7. The number of carbonyl (C=O) groups excluding carboxylic acids is 2. The highest BCUT2D eigenvalue weighted by Gasteiger charge is 2.22. The van der Waals surface area contributed by atoms with E-state index in [2.05, 4.69) is 33.7 Å². The SMILES string of the molecule is O=C(NCCC1=CCCCC1)C(=O)NCCN1CCO[C@H](c2ccccc2)C1. The van der Waals surface area contributed by atoms with Gasteiger partial charge in [0.25, 0.3) is 0 Å². The Hall–Kier alpha value is -2.18. The Morgan fingerprint density at radius 2 is 1.86 bits per heavy atom. The minimum Gasteiger partial charge on any atom is -0.371 e. The molecule has 0 saturated carbocycles. The topological polar surface area (TPSA) is 70.7 Å². The van der Waals surface area contributed by atoms with Gasteiger partial charge in [-0.3, -0.25) is 14.5 Å². The van der Waals surface area contributed by atoms with Crippen LogP contribution in [0.4, 0.5) is 0 Å². The van der Waals surface area contributed by atoms with Gasteiger partial charge in [-0.15, -0.1) is 0 Å². The van der Waals surface area contributed by atoms with Crippen molar-refractivity contribution in [2.75, 3.05) is 39.3 Å². The molecule has 152 valence electrons. The van der Waals surface area contributed by atoms with Crippen molar-refractivity contribution in [1.29, 1.82) is 0 Å². The Balaban J connectivity index is 1.32. The molecule has 1 heterocycles. The number of hydrogen-bond donors (Lipinski definition) is 2. The number of hydrogen-bond acceptors (Lipinski definition) is 4. The van der Waals surface area contributed by atoms with Gasteiger partial charge in [0.05, 0.1) is 12.7 Å². The molecule has 6 heteroatoms. The molecule has 1 aliphatic carbocycles. The molecular formula is C22H31N3O3. The highest BCUT2D eigenvalue weighted by molar-refractivity contribution is 6.35. The summed E-state index contributed by atoms with van der Waals surface area (Å²) in [6, 6.07) is 10.2. The lowest BCUT2D eigenvalue weighted by Crippen LogP contribution is -2.45. The van der Waals surface area contributed by atoms with E-state index >= 15 is 0 Å². The minimum absolute atomic E-state index is 0.0584. The summed E-state index contributed by atoms with van der Waals surface area (Å²) < 4.78 is 5.86. The molecule has 3 rings (SSSR count). The summed E-state index contributed by atoms with van der Waals surface area (Å²) in [6.07, 6.45) is 7.90. The fraction of sp³-hybridized carbons (Fsp3) is 0.545. The molecule has 1 fully saturated rings. The fourth-order valence-corrected chi connectivity index (χ4v) is 3.73. The van der Waals surface area contributed by atoms with Crippen molar-refractivity contribution in [1.82, 2.24) is 15.5 Å². The molecule has 0 aromatic heterocycles. The molecule has 2 amide bonds. The lowest BCUT2D eigenvalue weighted by molar-refractivity contribution is -0.139. The predicted molar refractivity (Wildman–Crippen MR) is 109 cm³/mol. The van der Waals surface area contributed by atoms with Crippen LogP contribution in [-0.4, -0.2) is 56.0 Å². The standard InChI is InChI=1S/C22H31N3O3/c26-21(23-12-11-18-7-3-1-4-8-18)22(27)24-13-14-25-15-16-28-20(17-25)19-9-5-2-6-10-19/h2,5-7,9-10,20H,1,3-4,8,11-17H2,(H,23,26)(H,24,27)/t20-/m0/s1. The Bertz CT molecular complexity index is 675. The molecule has 1 aromatic carbocycles. The van der Waals surface area contributed by atoms with Crippen LogP contribution in [-0.2, 0) is 14.3 Å². The number of allylic oxidation sites excluding steroid dienone is 1. The van der Waals surface area contributed by atoms with Crippen LogP contribution in [0.25, 0.3) is 0 Å². The summed E-state index contributed by atoms with van der Waals surface area (Å²) in [5.74, 6) is -1.09. The summed E-state index contributed by atoms with van der Waals surface area (Å²) in [6.45, 7) is 3.99. The quantitative estimate of drug-likeness (QED) is 0.558. The molecule has 1 aliphatic heterocycles. The number of benzene rings is 1.